The van der Waals surface area contributed by atoms with E-state index in [-0.39, 0.29) is 0 Å². The van der Waals surface area contributed by atoms with Crippen molar-refractivity contribution in [2.45, 2.75) is 39.0 Å². The van der Waals surface area contributed by atoms with Crippen molar-refractivity contribution in [1.82, 2.24) is 0 Å². The highest BCUT2D eigenvalue weighted by atomic mass is 14.9. The molecule has 0 aromatic heterocycles. The lowest BCUT2D eigenvalue weighted by Crippen LogP contribution is -2.09. The molecule has 1 aromatic rings. The molecule has 0 aliphatic heterocycles. The van der Waals surface area contributed by atoms with Gasteiger partial charge in [-0.25, -0.2) is 0 Å². The van der Waals surface area contributed by atoms with Gasteiger partial charge in [0, 0.05) is 12.2 Å². The Hall–Kier alpha value is -1.24. The maximum Gasteiger partial charge on any atom is 0.0375 e. The number of rotatable bonds is 4. The lowest BCUT2D eigenvalue weighted by molar-refractivity contribution is 0.686. The lowest BCUT2D eigenvalue weighted by Gasteiger charge is -2.20. The van der Waals surface area contributed by atoms with E-state index < -0.39 is 0 Å². The molecule has 0 atom stereocenters. The van der Waals surface area contributed by atoms with Crippen LogP contribution < -0.4 is 5.32 Å². The predicted molar refractivity (Wildman–Crippen MR) is 71.0 cm³/mol. The maximum atomic E-state index is 3.93. The molecule has 0 radical (unpaired) electrons. The third kappa shape index (κ3) is 2.66. The fourth-order valence-electron chi connectivity index (χ4n) is 2.36. The van der Waals surface area contributed by atoms with Gasteiger partial charge in [-0.05, 0) is 56.2 Å². The van der Waals surface area contributed by atoms with E-state index in [1.54, 1.807) is 11.1 Å². The average Bonchev–Trinajstić information content (AvgIpc) is 2.29. The third-order valence-corrected chi connectivity index (χ3v) is 3.26. The first-order valence-corrected chi connectivity index (χ1v) is 6.26. The van der Waals surface area contributed by atoms with Crippen LogP contribution in [0.3, 0.4) is 0 Å². The van der Waals surface area contributed by atoms with Crippen molar-refractivity contribution in [1.29, 1.82) is 0 Å². The van der Waals surface area contributed by atoms with E-state index in [9.17, 15) is 0 Å². The van der Waals surface area contributed by atoms with Crippen LogP contribution in [-0.2, 0) is 12.8 Å². The molecule has 1 heteroatoms. The smallest absolute Gasteiger partial charge is 0.0375 e. The van der Waals surface area contributed by atoms with Gasteiger partial charge in [-0.1, -0.05) is 17.7 Å². The van der Waals surface area contributed by atoms with Gasteiger partial charge < -0.3 is 5.32 Å². The van der Waals surface area contributed by atoms with Gasteiger partial charge in [0.05, 0.1) is 0 Å². The van der Waals surface area contributed by atoms with Crippen LogP contribution in [0.15, 0.2) is 30.4 Å². The number of nitrogens with one attached hydrogen (secondary N) is 1. The summed E-state index contributed by atoms with van der Waals surface area (Å²) in [4.78, 5) is 0. The second-order valence-corrected chi connectivity index (χ2v) is 4.78. The van der Waals surface area contributed by atoms with Crippen molar-refractivity contribution < 1.29 is 0 Å². The number of fused-ring (bicyclic) bond motifs is 1. The maximum absolute atomic E-state index is 3.93. The molecule has 16 heavy (non-hydrogen) atoms. The Balaban J connectivity index is 2.05. The normalized spacial score (nSPS) is 14.3. The van der Waals surface area contributed by atoms with Crippen LogP contribution in [0, 0.1) is 0 Å². The molecule has 1 N–H and O–H groups in total. The largest absolute Gasteiger partial charge is 0.384 e. The molecule has 0 saturated carbocycles. The first kappa shape index (κ1) is 11.3. The molecule has 0 bridgehead atoms. The highest BCUT2D eigenvalue weighted by Crippen LogP contribution is 2.27. The summed E-state index contributed by atoms with van der Waals surface area (Å²) < 4.78 is 0. The van der Waals surface area contributed by atoms with E-state index in [0.29, 0.717) is 0 Å². The van der Waals surface area contributed by atoms with E-state index in [0.717, 1.165) is 13.0 Å². The molecule has 86 valence electrons. The quantitative estimate of drug-likeness (QED) is 0.750. The molecule has 0 amide bonds. The van der Waals surface area contributed by atoms with Gasteiger partial charge in [0.15, 0.2) is 0 Å². The van der Waals surface area contributed by atoms with Gasteiger partial charge in [-0.15, -0.1) is 6.58 Å². The van der Waals surface area contributed by atoms with E-state index in [2.05, 4.69) is 37.0 Å². The molecular weight excluding hydrogens is 194 g/mol. The van der Waals surface area contributed by atoms with Crippen molar-refractivity contribution in [3.63, 3.8) is 0 Å². The van der Waals surface area contributed by atoms with Crippen LogP contribution in [0.25, 0.3) is 0 Å². The fraction of sp³-hybridized carbons (Fsp3) is 0.467. The summed E-state index contributed by atoms with van der Waals surface area (Å²) >= 11 is 0. The minimum absolute atomic E-state index is 1.01. The first-order valence-electron chi connectivity index (χ1n) is 6.26. The predicted octanol–water partition coefficient (Wildman–Crippen LogP) is 3.94. The minimum Gasteiger partial charge on any atom is -0.384 e. The van der Waals surface area contributed by atoms with Gasteiger partial charge >= 0.3 is 0 Å². The topological polar surface area (TPSA) is 12.0 Å². The zero-order valence-electron chi connectivity index (χ0n) is 10.2. The molecule has 2 rings (SSSR count). The van der Waals surface area contributed by atoms with Gasteiger partial charge in [-0.2, -0.15) is 0 Å². The van der Waals surface area contributed by atoms with E-state index >= 15 is 0 Å². The Bertz CT molecular complexity index is 379. The van der Waals surface area contributed by atoms with Gasteiger partial charge in [0.25, 0.3) is 0 Å². The van der Waals surface area contributed by atoms with Crippen molar-refractivity contribution in [3.05, 3.63) is 41.5 Å². The number of benzene rings is 1. The van der Waals surface area contributed by atoms with Crippen molar-refractivity contribution in [2.24, 2.45) is 0 Å². The Morgan fingerprint density at radius 2 is 2.12 bits per heavy atom. The van der Waals surface area contributed by atoms with E-state index in [4.69, 9.17) is 0 Å². The number of aryl methyl sites for hydroxylation is 1. The van der Waals surface area contributed by atoms with Crippen LogP contribution in [0.5, 0.6) is 0 Å². The van der Waals surface area contributed by atoms with Crippen LogP contribution in [0.4, 0.5) is 5.69 Å². The summed E-state index contributed by atoms with van der Waals surface area (Å²) in [5.41, 5.74) is 5.69. The van der Waals surface area contributed by atoms with Gasteiger partial charge in [0.1, 0.15) is 0 Å². The molecule has 1 nitrogen and oxygen atoms in total. The Kier molecular flexibility index (Phi) is 3.66. The average molecular weight is 215 g/mol. The van der Waals surface area contributed by atoms with Crippen molar-refractivity contribution in [3.8, 4) is 0 Å². The van der Waals surface area contributed by atoms with Gasteiger partial charge in [-0.3, -0.25) is 0 Å². The summed E-state index contributed by atoms with van der Waals surface area (Å²) in [5, 5.41) is 3.54. The summed E-state index contributed by atoms with van der Waals surface area (Å²) in [5.74, 6) is 0. The zero-order chi connectivity index (χ0) is 11.4. The van der Waals surface area contributed by atoms with E-state index in [1.807, 2.05) is 0 Å². The second-order valence-electron chi connectivity index (χ2n) is 4.78. The number of hydrogen-bond acceptors (Lipinski definition) is 1. The third-order valence-electron chi connectivity index (χ3n) is 3.26. The summed E-state index contributed by atoms with van der Waals surface area (Å²) in [6.45, 7) is 7.02. The molecule has 0 fully saturated rings. The first-order chi connectivity index (χ1) is 7.77. The molecular formula is C15H21N. The van der Waals surface area contributed by atoms with Crippen LogP contribution in [0.2, 0.25) is 0 Å². The van der Waals surface area contributed by atoms with Crippen LogP contribution >= 0.6 is 0 Å². The monoisotopic (exact) mass is 215 g/mol. The summed E-state index contributed by atoms with van der Waals surface area (Å²) in [6, 6.07) is 6.66. The summed E-state index contributed by atoms with van der Waals surface area (Å²) in [6.07, 6.45) is 6.25. The molecule has 0 heterocycles. The Morgan fingerprint density at radius 3 is 2.94 bits per heavy atom. The van der Waals surface area contributed by atoms with Crippen molar-refractivity contribution in [2.75, 3.05) is 11.9 Å². The van der Waals surface area contributed by atoms with Crippen LogP contribution in [-0.4, -0.2) is 6.54 Å². The molecule has 1 aliphatic carbocycles. The molecule has 1 aliphatic rings. The lowest BCUT2D eigenvalue weighted by atomic mass is 9.90. The SMILES string of the molecule is C=C(C)CCNc1cccc2c1CCCC2. The van der Waals surface area contributed by atoms with E-state index in [1.165, 1.54) is 36.9 Å². The zero-order valence-corrected chi connectivity index (χ0v) is 10.2. The number of anilines is 1. The molecule has 1 aromatic carbocycles. The Labute approximate surface area is 98.6 Å². The Morgan fingerprint density at radius 1 is 1.31 bits per heavy atom. The number of hydrogen-bond donors (Lipinski definition) is 1. The molecule has 0 saturated heterocycles. The highest BCUT2D eigenvalue weighted by molar-refractivity contribution is 5.55. The van der Waals surface area contributed by atoms with Crippen molar-refractivity contribution >= 4 is 5.69 Å². The van der Waals surface area contributed by atoms with Gasteiger partial charge in [0.2, 0.25) is 0 Å². The minimum atomic E-state index is 1.01. The van der Waals surface area contributed by atoms with Crippen LogP contribution in [0.1, 0.15) is 37.3 Å². The standard InChI is InChI=1S/C15H21N/c1-12(2)10-11-16-15-9-5-7-13-6-3-4-8-14(13)15/h5,7,9,16H,1,3-4,6,8,10-11H2,2H3. The fourth-order valence-corrected chi connectivity index (χ4v) is 2.36. The second kappa shape index (κ2) is 5.20. The highest BCUT2D eigenvalue weighted by Gasteiger charge is 2.11. The summed E-state index contributed by atoms with van der Waals surface area (Å²) in [7, 11) is 0. The molecule has 0 unspecified atom stereocenters. The molecule has 0 spiro atoms.